The van der Waals surface area contributed by atoms with E-state index in [0.717, 1.165) is 18.4 Å². The molecule has 24 heavy (non-hydrogen) atoms. The van der Waals surface area contributed by atoms with Gasteiger partial charge in [-0.2, -0.15) is 0 Å². The third kappa shape index (κ3) is 4.15. The Labute approximate surface area is 143 Å². The molecule has 3 rings (SSSR count). The fourth-order valence-corrected chi connectivity index (χ4v) is 3.20. The maximum absolute atomic E-state index is 12.2. The smallest absolute Gasteiger partial charge is 0.410 e. The van der Waals surface area contributed by atoms with Crippen molar-refractivity contribution < 1.29 is 9.53 Å². The molecule has 2 aromatic rings. The van der Waals surface area contributed by atoms with Crippen LogP contribution < -0.4 is 5.73 Å². The topological polar surface area (TPSA) is 55.6 Å². The number of ether oxygens (including phenoxy) is 1. The molecule has 1 aliphatic heterocycles. The zero-order valence-electron chi connectivity index (χ0n) is 13.8. The van der Waals surface area contributed by atoms with Gasteiger partial charge >= 0.3 is 6.09 Å². The van der Waals surface area contributed by atoms with Gasteiger partial charge in [0.1, 0.15) is 6.61 Å². The molecule has 1 atom stereocenters. The molecule has 0 spiro atoms. The van der Waals surface area contributed by atoms with Gasteiger partial charge in [0.05, 0.1) is 0 Å². The zero-order valence-corrected chi connectivity index (χ0v) is 13.8. The molecule has 0 aliphatic carbocycles. The first kappa shape index (κ1) is 16.5. The van der Waals surface area contributed by atoms with Crippen LogP contribution in [0.4, 0.5) is 4.79 Å². The number of hydrogen-bond donors (Lipinski definition) is 1. The van der Waals surface area contributed by atoms with Crippen molar-refractivity contribution in [1.29, 1.82) is 0 Å². The molecule has 1 fully saturated rings. The largest absolute Gasteiger partial charge is 0.445 e. The Morgan fingerprint density at radius 3 is 2.25 bits per heavy atom. The van der Waals surface area contributed by atoms with Crippen LogP contribution in [0, 0.1) is 5.92 Å². The number of carbonyl (C=O) groups is 1. The molecule has 1 heterocycles. The van der Waals surface area contributed by atoms with Crippen LogP contribution in [0.2, 0.25) is 0 Å². The van der Waals surface area contributed by atoms with Crippen molar-refractivity contribution in [1.82, 2.24) is 4.90 Å². The summed E-state index contributed by atoms with van der Waals surface area (Å²) in [6, 6.07) is 20.0. The SMILES string of the molecule is N[C@@H](c1ccccc1)C1CCN(C(=O)OCc2ccccc2)CC1. The molecule has 2 N–H and O–H groups in total. The third-order valence-electron chi connectivity index (χ3n) is 4.70. The summed E-state index contributed by atoms with van der Waals surface area (Å²) in [5.74, 6) is 0.408. The van der Waals surface area contributed by atoms with Gasteiger partial charge in [0, 0.05) is 19.1 Å². The van der Waals surface area contributed by atoms with E-state index in [1.54, 1.807) is 4.90 Å². The summed E-state index contributed by atoms with van der Waals surface area (Å²) < 4.78 is 5.40. The average molecular weight is 324 g/mol. The third-order valence-corrected chi connectivity index (χ3v) is 4.70. The van der Waals surface area contributed by atoms with Crippen LogP contribution in [0.25, 0.3) is 0 Å². The number of hydrogen-bond acceptors (Lipinski definition) is 3. The molecule has 0 bridgehead atoms. The van der Waals surface area contributed by atoms with Gasteiger partial charge in [0.2, 0.25) is 0 Å². The molecule has 0 aromatic heterocycles. The van der Waals surface area contributed by atoms with E-state index >= 15 is 0 Å². The summed E-state index contributed by atoms with van der Waals surface area (Å²) in [5.41, 5.74) is 8.57. The first-order chi connectivity index (χ1) is 11.7. The average Bonchev–Trinajstić information content (AvgIpc) is 2.67. The molecule has 1 amide bonds. The number of rotatable bonds is 4. The number of carbonyl (C=O) groups excluding carboxylic acids is 1. The molecule has 126 valence electrons. The van der Waals surface area contributed by atoms with Crippen molar-refractivity contribution in [2.45, 2.75) is 25.5 Å². The summed E-state index contributed by atoms with van der Waals surface area (Å²) in [5, 5.41) is 0. The van der Waals surface area contributed by atoms with Crippen LogP contribution >= 0.6 is 0 Å². The Bertz CT molecular complexity index is 637. The minimum Gasteiger partial charge on any atom is -0.445 e. The van der Waals surface area contributed by atoms with Gasteiger partial charge in [-0.15, -0.1) is 0 Å². The van der Waals surface area contributed by atoms with Crippen molar-refractivity contribution in [3.63, 3.8) is 0 Å². The number of nitrogens with zero attached hydrogens (tertiary/aromatic N) is 1. The summed E-state index contributed by atoms with van der Waals surface area (Å²) >= 11 is 0. The fraction of sp³-hybridized carbons (Fsp3) is 0.350. The lowest BCUT2D eigenvalue weighted by Crippen LogP contribution is -2.41. The Balaban J connectivity index is 1.47. The first-order valence-corrected chi connectivity index (χ1v) is 8.50. The summed E-state index contributed by atoms with van der Waals surface area (Å²) in [4.78, 5) is 14.0. The number of piperidine rings is 1. The molecular formula is C20H24N2O2. The normalized spacial score (nSPS) is 16.6. The molecule has 4 nitrogen and oxygen atoms in total. The fourth-order valence-electron chi connectivity index (χ4n) is 3.20. The minimum absolute atomic E-state index is 0.0358. The number of benzene rings is 2. The lowest BCUT2D eigenvalue weighted by Gasteiger charge is -2.34. The van der Waals surface area contributed by atoms with E-state index in [1.807, 2.05) is 48.5 Å². The molecule has 1 saturated heterocycles. The van der Waals surface area contributed by atoms with Crippen LogP contribution in [0.3, 0.4) is 0 Å². The summed E-state index contributed by atoms with van der Waals surface area (Å²) in [6.45, 7) is 1.74. The monoisotopic (exact) mass is 324 g/mol. The van der Waals surface area contributed by atoms with E-state index in [1.165, 1.54) is 5.56 Å². The Kier molecular flexibility index (Phi) is 5.49. The number of likely N-dealkylation sites (tertiary alicyclic amines) is 1. The molecule has 4 heteroatoms. The van der Waals surface area contributed by atoms with Gasteiger partial charge in [-0.3, -0.25) is 0 Å². The van der Waals surface area contributed by atoms with Crippen LogP contribution in [-0.2, 0) is 11.3 Å². The van der Waals surface area contributed by atoms with E-state index in [0.29, 0.717) is 25.6 Å². The first-order valence-electron chi connectivity index (χ1n) is 8.50. The van der Waals surface area contributed by atoms with Gasteiger partial charge < -0.3 is 15.4 Å². The second-order valence-electron chi connectivity index (χ2n) is 6.30. The lowest BCUT2D eigenvalue weighted by atomic mass is 9.86. The minimum atomic E-state index is -0.231. The van der Waals surface area contributed by atoms with Crippen molar-refractivity contribution in [3.8, 4) is 0 Å². The van der Waals surface area contributed by atoms with Gasteiger partial charge in [0.15, 0.2) is 0 Å². The van der Waals surface area contributed by atoms with Crippen molar-refractivity contribution in [2.24, 2.45) is 11.7 Å². The van der Waals surface area contributed by atoms with Gasteiger partial charge in [-0.25, -0.2) is 4.79 Å². The van der Waals surface area contributed by atoms with Gasteiger partial charge in [-0.05, 0) is 29.9 Å². The maximum atomic E-state index is 12.2. The second kappa shape index (κ2) is 7.97. The Morgan fingerprint density at radius 2 is 1.62 bits per heavy atom. The highest BCUT2D eigenvalue weighted by molar-refractivity contribution is 5.67. The van der Waals surface area contributed by atoms with Crippen LogP contribution in [0.5, 0.6) is 0 Å². The quantitative estimate of drug-likeness (QED) is 0.932. The van der Waals surface area contributed by atoms with Crippen molar-refractivity contribution >= 4 is 6.09 Å². The highest BCUT2D eigenvalue weighted by atomic mass is 16.6. The molecular weight excluding hydrogens is 300 g/mol. The van der Waals surface area contributed by atoms with Crippen molar-refractivity contribution in [2.75, 3.05) is 13.1 Å². The zero-order chi connectivity index (χ0) is 16.8. The molecule has 0 unspecified atom stereocenters. The summed E-state index contributed by atoms with van der Waals surface area (Å²) in [7, 11) is 0. The van der Waals surface area contributed by atoms with E-state index in [4.69, 9.17) is 10.5 Å². The molecule has 2 aromatic carbocycles. The van der Waals surface area contributed by atoms with Crippen LogP contribution in [0.15, 0.2) is 60.7 Å². The van der Waals surface area contributed by atoms with Gasteiger partial charge in [-0.1, -0.05) is 60.7 Å². The van der Waals surface area contributed by atoms with E-state index < -0.39 is 0 Å². The molecule has 1 aliphatic rings. The Morgan fingerprint density at radius 1 is 1.04 bits per heavy atom. The van der Waals surface area contributed by atoms with Crippen LogP contribution in [0.1, 0.15) is 30.0 Å². The van der Waals surface area contributed by atoms with Gasteiger partial charge in [0.25, 0.3) is 0 Å². The summed E-state index contributed by atoms with van der Waals surface area (Å²) in [6.07, 6.45) is 1.60. The lowest BCUT2D eigenvalue weighted by molar-refractivity contribution is 0.0798. The predicted molar refractivity (Wildman–Crippen MR) is 94.3 cm³/mol. The Hall–Kier alpha value is -2.33. The van der Waals surface area contributed by atoms with E-state index in [9.17, 15) is 4.79 Å². The molecule has 0 saturated carbocycles. The second-order valence-corrected chi connectivity index (χ2v) is 6.30. The van der Waals surface area contributed by atoms with E-state index in [-0.39, 0.29) is 12.1 Å². The standard InChI is InChI=1S/C20H24N2O2/c21-19(17-9-5-2-6-10-17)18-11-13-22(14-12-18)20(23)24-15-16-7-3-1-4-8-16/h1-10,18-19H,11-15,21H2/t19-/m0/s1. The van der Waals surface area contributed by atoms with E-state index in [2.05, 4.69) is 12.1 Å². The van der Waals surface area contributed by atoms with Crippen LogP contribution in [-0.4, -0.2) is 24.1 Å². The molecule has 0 radical (unpaired) electrons. The number of amides is 1. The highest BCUT2D eigenvalue weighted by Crippen LogP contribution is 2.29. The number of nitrogens with two attached hydrogens (primary N) is 1. The van der Waals surface area contributed by atoms with Crippen molar-refractivity contribution in [3.05, 3.63) is 71.8 Å². The highest BCUT2D eigenvalue weighted by Gasteiger charge is 2.28. The maximum Gasteiger partial charge on any atom is 0.410 e. The predicted octanol–water partition coefficient (Wildman–Crippen LogP) is 3.74.